The van der Waals surface area contributed by atoms with E-state index in [-0.39, 0.29) is 0 Å². The number of halogens is 1. The van der Waals surface area contributed by atoms with Crippen molar-refractivity contribution in [3.05, 3.63) is 33.5 Å². The molecule has 0 atom stereocenters. The van der Waals surface area contributed by atoms with E-state index in [2.05, 4.69) is 66.0 Å². The summed E-state index contributed by atoms with van der Waals surface area (Å²) in [5, 5.41) is 4.65. The van der Waals surface area contributed by atoms with Crippen LogP contribution in [0.4, 0.5) is 5.69 Å². The van der Waals surface area contributed by atoms with Crippen molar-refractivity contribution >= 4 is 39.2 Å². The molecule has 1 aromatic carbocycles. The Labute approximate surface area is 116 Å². The molecule has 0 unspecified atom stereocenters. The van der Waals surface area contributed by atoms with Crippen molar-refractivity contribution in [2.24, 2.45) is 0 Å². The van der Waals surface area contributed by atoms with Crippen molar-refractivity contribution in [1.29, 1.82) is 0 Å². The highest BCUT2D eigenvalue weighted by atomic mass is 127. The van der Waals surface area contributed by atoms with Crippen molar-refractivity contribution in [2.75, 3.05) is 11.9 Å². The Morgan fingerprint density at radius 1 is 1.29 bits per heavy atom. The fraction of sp³-hybridized carbons (Fsp3) is 0.357. The number of rotatable bonds is 4. The Morgan fingerprint density at radius 3 is 2.82 bits per heavy atom. The molecule has 90 valence electrons. The zero-order valence-corrected chi connectivity index (χ0v) is 12.4. The van der Waals surface area contributed by atoms with Crippen LogP contribution in [-0.2, 0) is 6.42 Å². The van der Waals surface area contributed by atoms with Gasteiger partial charge in [0.25, 0.3) is 0 Å². The highest BCUT2D eigenvalue weighted by Crippen LogP contribution is 2.27. The maximum absolute atomic E-state index is 4.76. The minimum atomic E-state index is 0.941. The maximum atomic E-state index is 4.76. The summed E-state index contributed by atoms with van der Waals surface area (Å²) in [6.07, 6.45) is 2.17. The summed E-state index contributed by atoms with van der Waals surface area (Å²) in [5.74, 6) is 0. The largest absolute Gasteiger partial charge is 0.385 e. The van der Waals surface area contributed by atoms with E-state index in [0.29, 0.717) is 0 Å². The van der Waals surface area contributed by atoms with Crippen LogP contribution in [0, 0.1) is 3.57 Å². The van der Waals surface area contributed by atoms with E-state index >= 15 is 0 Å². The van der Waals surface area contributed by atoms with Gasteiger partial charge in [-0.1, -0.05) is 25.5 Å². The molecular formula is C14H17IN2. The average molecular weight is 340 g/mol. The molecule has 0 fully saturated rings. The summed E-state index contributed by atoms with van der Waals surface area (Å²) in [6.45, 7) is 5.25. The van der Waals surface area contributed by atoms with Crippen molar-refractivity contribution in [3.8, 4) is 0 Å². The lowest BCUT2D eigenvalue weighted by molar-refractivity contribution is 0.889. The fourth-order valence-corrected chi connectivity index (χ4v) is 2.61. The Bertz CT molecular complexity index is 523. The number of benzene rings is 1. The van der Waals surface area contributed by atoms with Crippen LogP contribution < -0.4 is 5.32 Å². The quantitative estimate of drug-likeness (QED) is 0.843. The lowest BCUT2D eigenvalue weighted by atomic mass is 10.1. The zero-order valence-electron chi connectivity index (χ0n) is 10.3. The van der Waals surface area contributed by atoms with Crippen LogP contribution in [0.5, 0.6) is 0 Å². The molecule has 2 aromatic rings. The van der Waals surface area contributed by atoms with Gasteiger partial charge in [0.15, 0.2) is 0 Å². The van der Waals surface area contributed by atoms with Gasteiger partial charge in [0.1, 0.15) is 0 Å². The first-order chi connectivity index (χ1) is 8.26. The predicted molar refractivity (Wildman–Crippen MR) is 82.6 cm³/mol. The summed E-state index contributed by atoms with van der Waals surface area (Å²) < 4.78 is 1.22. The Morgan fingerprint density at radius 2 is 2.12 bits per heavy atom. The van der Waals surface area contributed by atoms with Crippen LogP contribution in [0.3, 0.4) is 0 Å². The monoisotopic (exact) mass is 340 g/mol. The SMILES string of the molecule is CCCc1cc(NCC)c2cccc(I)c2n1. The van der Waals surface area contributed by atoms with Gasteiger partial charge in [0.05, 0.1) is 5.52 Å². The number of nitrogens with one attached hydrogen (secondary N) is 1. The minimum absolute atomic E-state index is 0.941. The smallest absolute Gasteiger partial charge is 0.0859 e. The minimum Gasteiger partial charge on any atom is -0.385 e. The molecule has 3 heteroatoms. The molecule has 0 aliphatic carbocycles. The first kappa shape index (κ1) is 12.6. The molecule has 0 radical (unpaired) electrons. The molecule has 0 bridgehead atoms. The Kier molecular flexibility index (Phi) is 4.20. The predicted octanol–water partition coefficient (Wildman–Crippen LogP) is 4.22. The molecule has 0 saturated carbocycles. The number of hydrogen-bond donors (Lipinski definition) is 1. The van der Waals surface area contributed by atoms with E-state index in [1.807, 2.05) is 0 Å². The van der Waals surface area contributed by atoms with Gasteiger partial charge in [-0.2, -0.15) is 0 Å². The maximum Gasteiger partial charge on any atom is 0.0859 e. The van der Waals surface area contributed by atoms with E-state index in [9.17, 15) is 0 Å². The van der Waals surface area contributed by atoms with Crippen LogP contribution in [0.25, 0.3) is 10.9 Å². The third kappa shape index (κ3) is 2.70. The number of aryl methyl sites for hydroxylation is 1. The Balaban J connectivity index is 2.63. The van der Waals surface area contributed by atoms with E-state index in [4.69, 9.17) is 4.98 Å². The van der Waals surface area contributed by atoms with Gasteiger partial charge in [-0.25, -0.2) is 0 Å². The first-order valence-electron chi connectivity index (χ1n) is 6.08. The number of nitrogens with zero attached hydrogens (tertiary/aromatic N) is 1. The third-order valence-corrected chi connectivity index (χ3v) is 3.59. The number of para-hydroxylation sites is 1. The van der Waals surface area contributed by atoms with Gasteiger partial charge < -0.3 is 5.32 Å². The normalized spacial score (nSPS) is 10.8. The third-order valence-electron chi connectivity index (χ3n) is 2.72. The number of fused-ring (bicyclic) bond motifs is 1. The Hall–Kier alpha value is -0.840. The first-order valence-corrected chi connectivity index (χ1v) is 7.16. The number of pyridine rings is 1. The lowest BCUT2D eigenvalue weighted by Gasteiger charge is -2.11. The average Bonchev–Trinajstić information content (AvgIpc) is 2.31. The van der Waals surface area contributed by atoms with Crippen LogP contribution in [0.2, 0.25) is 0 Å². The summed E-state index contributed by atoms with van der Waals surface area (Å²) in [5.41, 5.74) is 3.51. The van der Waals surface area contributed by atoms with Gasteiger partial charge in [0.2, 0.25) is 0 Å². The molecule has 1 N–H and O–H groups in total. The molecular weight excluding hydrogens is 323 g/mol. The van der Waals surface area contributed by atoms with Gasteiger partial charge in [-0.15, -0.1) is 0 Å². The highest BCUT2D eigenvalue weighted by Gasteiger charge is 2.07. The van der Waals surface area contributed by atoms with Gasteiger partial charge >= 0.3 is 0 Å². The fourth-order valence-electron chi connectivity index (χ4n) is 1.99. The second-order valence-corrected chi connectivity index (χ2v) is 5.24. The van der Waals surface area contributed by atoms with E-state index in [1.165, 1.54) is 20.3 Å². The molecule has 1 heterocycles. The van der Waals surface area contributed by atoms with Crippen LogP contribution >= 0.6 is 22.6 Å². The van der Waals surface area contributed by atoms with Gasteiger partial charge in [0, 0.05) is 26.9 Å². The van der Waals surface area contributed by atoms with Crippen LogP contribution in [-0.4, -0.2) is 11.5 Å². The summed E-state index contributed by atoms with van der Waals surface area (Å²) in [6, 6.07) is 8.52. The number of hydrogen-bond acceptors (Lipinski definition) is 2. The summed E-state index contributed by atoms with van der Waals surface area (Å²) >= 11 is 2.36. The summed E-state index contributed by atoms with van der Waals surface area (Å²) in [4.78, 5) is 4.76. The molecule has 0 aliphatic rings. The molecule has 0 aliphatic heterocycles. The van der Waals surface area contributed by atoms with Gasteiger partial charge in [-0.3, -0.25) is 4.98 Å². The van der Waals surface area contributed by atoms with Crippen LogP contribution in [0.1, 0.15) is 26.0 Å². The topological polar surface area (TPSA) is 24.9 Å². The van der Waals surface area contributed by atoms with E-state index in [0.717, 1.165) is 24.9 Å². The molecule has 17 heavy (non-hydrogen) atoms. The molecule has 0 spiro atoms. The van der Waals surface area contributed by atoms with Crippen molar-refractivity contribution in [2.45, 2.75) is 26.7 Å². The molecule has 0 amide bonds. The van der Waals surface area contributed by atoms with Crippen molar-refractivity contribution < 1.29 is 0 Å². The lowest BCUT2D eigenvalue weighted by Crippen LogP contribution is -2.01. The number of aromatic nitrogens is 1. The zero-order chi connectivity index (χ0) is 12.3. The van der Waals surface area contributed by atoms with E-state index < -0.39 is 0 Å². The second-order valence-electron chi connectivity index (χ2n) is 4.08. The standard InChI is InChI=1S/C14H17IN2/c1-3-6-10-9-13(16-4-2)11-7-5-8-12(15)14(11)17-10/h5,7-9H,3-4,6H2,1-2H3,(H,16,17). The second kappa shape index (κ2) is 5.67. The molecule has 2 rings (SSSR count). The molecule has 0 saturated heterocycles. The molecule has 1 aromatic heterocycles. The van der Waals surface area contributed by atoms with E-state index in [1.54, 1.807) is 0 Å². The highest BCUT2D eigenvalue weighted by molar-refractivity contribution is 14.1. The number of anilines is 1. The van der Waals surface area contributed by atoms with Crippen LogP contribution in [0.15, 0.2) is 24.3 Å². The van der Waals surface area contributed by atoms with Gasteiger partial charge in [-0.05, 0) is 48.1 Å². The van der Waals surface area contributed by atoms with Crippen molar-refractivity contribution in [1.82, 2.24) is 4.98 Å². The summed E-state index contributed by atoms with van der Waals surface area (Å²) in [7, 11) is 0. The van der Waals surface area contributed by atoms with Crippen molar-refractivity contribution in [3.63, 3.8) is 0 Å². The molecule has 2 nitrogen and oxygen atoms in total.